The van der Waals surface area contributed by atoms with E-state index in [0.29, 0.717) is 3.57 Å². The van der Waals surface area contributed by atoms with Crippen molar-refractivity contribution in [2.24, 2.45) is 0 Å². The monoisotopic (exact) mass is 773 g/mol. The standard InChI is InChI=1S/C15H7F5I3NO4S/c16-8-9(17)11(19)14(12(20)10(8)18)29(26,27)24-1-2-28-15(25)6-3-5(21)4-7(22)13(6)23/h3-4,24H,1-2H2. The smallest absolute Gasteiger partial charge is 0.339 e. The van der Waals surface area contributed by atoms with Crippen molar-refractivity contribution in [2.45, 2.75) is 4.90 Å². The fraction of sp³-hybridized carbons (Fsp3) is 0.133. The highest BCUT2D eigenvalue weighted by Gasteiger charge is 2.33. The molecule has 1 N–H and O–H groups in total. The van der Waals surface area contributed by atoms with Gasteiger partial charge in [0.05, 0.1) is 5.56 Å². The molecule has 29 heavy (non-hydrogen) atoms. The summed E-state index contributed by atoms with van der Waals surface area (Å²) in [5, 5.41) is 0. The minimum Gasteiger partial charge on any atom is -0.461 e. The fourth-order valence-electron chi connectivity index (χ4n) is 1.99. The summed E-state index contributed by atoms with van der Waals surface area (Å²) < 4.78 is 99.3. The average molecular weight is 773 g/mol. The Balaban J connectivity index is 2.11. The van der Waals surface area contributed by atoms with Gasteiger partial charge in [-0.15, -0.1) is 0 Å². The van der Waals surface area contributed by atoms with E-state index < -0.39 is 63.1 Å². The van der Waals surface area contributed by atoms with Crippen molar-refractivity contribution in [1.29, 1.82) is 0 Å². The summed E-state index contributed by atoms with van der Waals surface area (Å²) in [6.45, 7) is -1.21. The number of nitrogens with one attached hydrogen (secondary N) is 1. The van der Waals surface area contributed by atoms with Gasteiger partial charge in [-0.1, -0.05) is 0 Å². The van der Waals surface area contributed by atoms with Crippen LogP contribution in [0.5, 0.6) is 0 Å². The first-order valence-corrected chi connectivity index (χ1v) is 11.9. The molecule has 5 nitrogen and oxygen atoms in total. The normalized spacial score (nSPS) is 11.6. The lowest BCUT2D eigenvalue weighted by Gasteiger charge is -2.11. The van der Waals surface area contributed by atoms with Gasteiger partial charge in [0.25, 0.3) is 0 Å². The summed E-state index contributed by atoms with van der Waals surface area (Å²) in [4.78, 5) is 10.1. The van der Waals surface area contributed by atoms with Crippen molar-refractivity contribution in [1.82, 2.24) is 4.72 Å². The van der Waals surface area contributed by atoms with Crippen LogP contribution in [0.4, 0.5) is 22.0 Å². The maximum Gasteiger partial charge on any atom is 0.339 e. The number of sulfonamides is 1. The van der Waals surface area contributed by atoms with Gasteiger partial charge in [-0.2, -0.15) is 0 Å². The van der Waals surface area contributed by atoms with Gasteiger partial charge in [0, 0.05) is 17.3 Å². The Bertz CT molecular complexity index is 1070. The third kappa shape index (κ3) is 5.48. The summed E-state index contributed by atoms with van der Waals surface area (Å²) in [6.07, 6.45) is 0. The highest BCUT2D eigenvalue weighted by Crippen LogP contribution is 2.26. The summed E-state index contributed by atoms with van der Waals surface area (Å²) in [6, 6.07) is 3.36. The predicted molar refractivity (Wildman–Crippen MR) is 116 cm³/mol. The Morgan fingerprint density at radius 2 is 1.45 bits per heavy atom. The molecule has 0 unspecified atom stereocenters. The minimum atomic E-state index is -5.11. The van der Waals surface area contributed by atoms with E-state index in [1.165, 1.54) is 0 Å². The van der Waals surface area contributed by atoms with Crippen LogP contribution < -0.4 is 4.72 Å². The number of halogens is 8. The zero-order chi connectivity index (χ0) is 22.1. The van der Waals surface area contributed by atoms with Crippen LogP contribution in [0.25, 0.3) is 0 Å². The Morgan fingerprint density at radius 3 is 2.00 bits per heavy atom. The van der Waals surface area contributed by atoms with Crippen molar-refractivity contribution < 1.29 is 39.9 Å². The van der Waals surface area contributed by atoms with Crippen LogP contribution in [0.2, 0.25) is 0 Å². The van der Waals surface area contributed by atoms with E-state index in [9.17, 15) is 35.2 Å². The Morgan fingerprint density at radius 1 is 0.931 bits per heavy atom. The molecule has 2 aromatic rings. The molecule has 0 saturated heterocycles. The lowest BCUT2D eigenvalue weighted by molar-refractivity contribution is 0.0511. The summed E-state index contributed by atoms with van der Waals surface area (Å²) in [5.41, 5.74) is 0.226. The van der Waals surface area contributed by atoms with Crippen molar-refractivity contribution in [3.05, 3.63) is 57.5 Å². The molecule has 0 saturated carbocycles. The molecule has 2 rings (SSSR count). The summed E-state index contributed by atoms with van der Waals surface area (Å²) in [7, 11) is -5.11. The van der Waals surface area contributed by atoms with E-state index in [2.05, 4.69) is 0 Å². The second-order valence-electron chi connectivity index (χ2n) is 5.18. The molecule has 0 bridgehead atoms. The lowest BCUT2D eigenvalue weighted by atomic mass is 10.2. The van der Waals surface area contributed by atoms with Crippen molar-refractivity contribution >= 4 is 83.8 Å². The fourth-order valence-corrected chi connectivity index (χ4v) is 5.52. The number of rotatable bonds is 6. The molecular formula is C15H7F5I3NO4S. The molecule has 0 fully saturated rings. The summed E-state index contributed by atoms with van der Waals surface area (Å²) in [5.74, 6) is -13.0. The zero-order valence-corrected chi connectivity index (χ0v) is 20.9. The number of hydrogen-bond donors (Lipinski definition) is 1. The predicted octanol–water partition coefficient (Wildman–Crippen LogP) is 4.33. The molecule has 0 aliphatic carbocycles. The van der Waals surface area contributed by atoms with Gasteiger partial charge in [-0.3, -0.25) is 0 Å². The Labute approximate surface area is 202 Å². The second kappa shape index (κ2) is 9.86. The first-order valence-electron chi connectivity index (χ1n) is 7.21. The van der Waals surface area contributed by atoms with Gasteiger partial charge in [0.1, 0.15) is 6.61 Å². The maximum absolute atomic E-state index is 13.6. The number of benzene rings is 2. The van der Waals surface area contributed by atoms with Crippen LogP contribution in [-0.4, -0.2) is 27.5 Å². The van der Waals surface area contributed by atoms with E-state index in [0.717, 1.165) is 7.14 Å². The van der Waals surface area contributed by atoms with Crippen molar-refractivity contribution in [3.63, 3.8) is 0 Å². The molecule has 0 heterocycles. The van der Waals surface area contributed by atoms with Gasteiger partial charge in [-0.05, 0) is 79.9 Å². The molecule has 0 spiro atoms. The largest absolute Gasteiger partial charge is 0.461 e. The first-order chi connectivity index (χ1) is 13.4. The Hall–Kier alpha value is -0.340. The molecule has 0 amide bonds. The van der Waals surface area contributed by atoms with Crippen molar-refractivity contribution in [3.8, 4) is 0 Å². The number of carbonyl (C=O) groups excluding carboxylic acids is 1. The van der Waals surface area contributed by atoms with Gasteiger partial charge >= 0.3 is 5.97 Å². The third-order valence-electron chi connectivity index (χ3n) is 3.28. The van der Waals surface area contributed by atoms with Crippen LogP contribution >= 0.6 is 67.8 Å². The van der Waals surface area contributed by atoms with Crippen molar-refractivity contribution in [2.75, 3.05) is 13.2 Å². The number of hydrogen-bond acceptors (Lipinski definition) is 4. The third-order valence-corrected chi connectivity index (χ3v) is 8.43. The first kappa shape index (κ1) is 24.9. The lowest BCUT2D eigenvalue weighted by Crippen LogP contribution is -2.30. The molecule has 0 atom stereocenters. The molecule has 0 aromatic heterocycles. The molecule has 0 aliphatic rings. The SMILES string of the molecule is O=C(OCCNS(=O)(=O)c1c(F)c(F)c(F)c(F)c1F)c1cc(I)cc(I)c1I. The highest BCUT2D eigenvalue weighted by atomic mass is 127. The molecule has 2 aromatic carbocycles. The van der Waals surface area contributed by atoms with Crippen LogP contribution in [0, 0.1) is 39.8 Å². The van der Waals surface area contributed by atoms with E-state index in [-0.39, 0.29) is 5.56 Å². The maximum atomic E-state index is 13.6. The van der Waals surface area contributed by atoms with Crippen LogP contribution in [-0.2, 0) is 14.8 Å². The second-order valence-corrected chi connectivity index (χ2v) is 10.4. The van der Waals surface area contributed by atoms with Gasteiger partial charge < -0.3 is 4.74 Å². The quantitative estimate of drug-likeness (QED) is 0.119. The molecule has 158 valence electrons. The number of ether oxygens (including phenoxy) is 1. The molecule has 0 radical (unpaired) electrons. The van der Waals surface area contributed by atoms with Crippen LogP contribution in [0.15, 0.2) is 17.0 Å². The van der Waals surface area contributed by atoms with Crippen LogP contribution in [0.1, 0.15) is 10.4 Å². The number of carbonyl (C=O) groups is 1. The van der Waals surface area contributed by atoms with E-state index in [1.54, 1.807) is 10.8 Å². The zero-order valence-electron chi connectivity index (χ0n) is 13.6. The van der Waals surface area contributed by atoms with Crippen LogP contribution in [0.3, 0.4) is 0 Å². The summed E-state index contributed by atoms with van der Waals surface area (Å²) >= 11 is 5.93. The molecule has 14 heteroatoms. The highest BCUT2D eigenvalue weighted by molar-refractivity contribution is 14.1. The van der Waals surface area contributed by atoms with E-state index >= 15 is 0 Å². The van der Waals surface area contributed by atoms with E-state index in [1.807, 2.05) is 73.8 Å². The Kier molecular flexibility index (Phi) is 8.47. The topological polar surface area (TPSA) is 72.5 Å². The minimum absolute atomic E-state index is 0.226. The molecule has 0 aliphatic heterocycles. The average Bonchev–Trinajstić information content (AvgIpc) is 2.64. The molecular weight excluding hydrogens is 766 g/mol. The van der Waals surface area contributed by atoms with E-state index in [4.69, 9.17) is 4.74 Å². The number of esters is 1. The van der Waals surface area contributed by atoms with Gasteiger partial charge in [0.2, 0.25) is 15.8 Å². The van der Waals surface area contributed by atoms with Gasteiger partial charge in [0.15, 0.2) is 28.2 Å². The van der Waals surface area contributed by atoms with Gasteiger partial charge in [-0.25, -0.2) is 39.9 Å².